The first kappa shape index (κ1) is 17.9. The van der Waals surface area contributed by atoms with Crippen LogP contribution in [-0.4, -0.2) is 53.3 Å². The van der Waals surface area contributed by atoms with E-state index in [2.05, 4.69) is 48.5 Å². The number of carbonyl (C=O) groups excluding carboxylic acids is 1. The minimum Gasteiger partial charge on any atom is -0.340 e. The Balaban J connectivity index is 4.44. The minimum atomic E-state index is -0.0343. The molecule has 0 saturated carbocycles. The van der Waals surface area contributed by atoms with Crippen LogP contribution in [0.2, 0.25) is 0 Å². The van der Waals surface area contributed by atoms with Crippen molar-refractivity contribution in [3.8, 4) is 0 Å². The summed E-state index contributed by atoms with van der Waals surface area (Å²) in [5, 5.41) is 0. The number of nitrogens with zero attached hydrogens (tertiary/aromatic N) is 2. The zero-order valence-electron chi connectivity index (χ0n) is 12.6. The van der Waals surface area contributed by atoms with Gasteiger partial charge in [-0.05, 0) is 25.4 Å². The summed E-state index contributed by atoms with van der Waals surface area (Å²) in [7, 11) is 0. The zero-order chi connectivity index (χ0) is 14.1. The first-order valence-electron chi connectivity index (χ1n) is 7.11. The van der Waals surface area contributed by atoms with Crippen LogP contribution >= 0.6 is 15.9 Å². The second kappa shape index (κ2) is 9.79. The van der Waals surface area contributed by atoms with Crippen molar-refractivity contribution in [2.75, 3.05) is 32.7 Å². The monoisotopic (exact) mass is 320 g/mol. The van der Waals surface area contributed by atoms with Crippen molar-refractivity contribution < 1.29 is 4.79 Å². The Hall–Kier alpha value is -0.0900. The molecule has 0 aromatic carbocycles. The molecule has 18 heavy (non-hydrogen) atoms. The van der Waals surface area contributed by atoms with Crippen LogP contribution in [0.1, 0.15) is 41.0 Å². The molecule has 1 unspecified atom stereocenters. The van der Waals surface area contributed by atoms with Crippen LogP contribution in [0.4, 0.5) is 0 Å². The molecule has 0 radical (unpaired) electrons. The Bertz CT molecular complexity index is 230. The predicted molar refractivity (Wildman–Crippen MR) is 82.2 cm³/mol. The van der Waals surface area contributed by atoms with Crippen LogP contribution < -0.4 is 0 Å². The van der Waals surface area contributed by atoms with Crippen LogP contribution in [0.5, 0.6) is 0 Å². The summed E-state index contributed by atoms with van der Waals surface area (Å²) in [5.74, 6) is 0.751. The van der Waals surface area contributed by atoms with Crippen LogP contribution in [0.3, 0.4) is 0 Å². The first-order chi connectivity index (χ1) is 8.46. The topological polar surface area (TPSA) is 23.6 Å². The molecule has 0 aromatic rings. The summed E-state index contributed by atoms with van der Waals surface area (Å²) in [5.41, 5.74) is 0. The molecule has 0 N–H and O–H groups in total. The van der Waals surface area contributed by atoms with Gasteiger partial charge in [0.05, 0.1) is 4.83 Å². The third-order valence-electron chi connectivity index (χ3n) is 3.10. The van der Waals surface area contributed by atoms with E-state index >= 15 is 0 Å². The Morgan fingerprint density at radius 1 is 1.11 bits per heavy atom. The lowest BCUT2D eigenvalue weighted by Crippen LogP contribution is -2.43. The second-order valence-electron chi connectivity index (χ2n) is 5.08. The Labute approximate surface area is 121 Å². The fourth-order valence-electron chi connectivity index (χ4n) is 1.91. The molecule has 0 fully saturated rings. The summed E-state index contributed by atoms with van der Waals surface area (Å²) in [4.78, 5) is 16.6. The van der Waals surface area contributed by atoms with Crippen LogP contribution in [-0.2, 0) is 4.79 Å². The predicted octanol–water partition coefficient (Wildman–Crippen LogP) is 2.99. The summed E-state index contributed by atoms with van der Waals surface area (Å²) in [6, 6.07) is 0. The molecular formula is C14H29BrN2O. The number of hydrogen-bond donors (Lipinski definition) is 0. The molecule has 3 nitrogen and oxygen atoms in total. The quantitative estimate of drug-likeness (QED) is 0.610. The lowest BCUT2D eigenvalue weighted by atomic mass is 10.2. The lowest BCUT2D eigenvalue weighted by molar-refractivity contribution is -0.131. The first-order valence-corrected chi connectivity index (χ1v) is 8.02. The van der Waals surface area contributed by atoms with E-state index < -0.39 is 0 Å². The number of halogens is 1. The molecule has 108 valence electrons. The Morgan fingerprint density at radius 3 is 2.06 bits per heavy atom. The van der Waals surface area contributed by atoms with Crippen molar-refractivity contribution in [1.29, 1.82) is 0 Å². The molecule has 0 heterocycles. The van der Waals surface area contributed by atoms with Gasteiger partial charge in [0.25, 0.3) is 0 Å². The summed E-state index contributed by atoms with van der Waals surface area (Å²) >= 11 is 3.47. The molecule has 0 aromatic heterocycles. The highest BCUT2D eigenvalue weighted by molar-refractivity contribution is 9.10. The maximum absolute atomic E-state index is 12.3. The standard InChI is InChI=1S/C14H29BrN2O/c1-6-13(15)14(18)17(11-12(4)5)10-9-16(7-2)8-3/h12-13H,6-11H2,1-5H3. The van der Waals surface area contributed by atoms with Crippen LogP contribution in [0.15, 0.2) is 0 Å². The van der Waals surface area contributed by atoms with Crippen molar-refractivity contribution in [2.45, 2.75) is 45.9 Å². The fraction of sp³-hybridized carbons (Fsp3) is 0.929. The second-order valence-corrected chi connectivity index (χ2v) is 6.19. The lowest BCUT2D eigenvalue weighted by Gasteiger charge is -2.29. The van der Waals surface area contributed by atoms with E-state index in [9.17, 15) is 4.79 Å². The number of alkyl halides is 1. The molecule has 0 bridgehead atoms. The van der Waals surface area contributed by atoms with E-state index in [0.717, 1.165) is 39.1 Å². The molecule has 0 rings (SSSR count). The zero-order valence-corrected chi connectivity index (χ0v) is 14.2. The van der Waals surface area contributed by atoms with Gasteiger partial charge in [-0.25, -0.2) is 0 Å². The van der Waals surface area contributed by atoms with Gasteiger partial charge in [0, 0.05) is 19.6 Å². The number of carbonyl (C=O) groups is 1. The molecule has 4 heteroatoms. The highest BCUT2D eigenvalue weighted by atomic mass is 79.9. The van der Waals surface area contributed by atoms with E-state index in [1.54, 1.807) is 0 Å². The highest BCUT2D eigenvalue weighted by Gasteiger charge is 2.21. The Morgan fingerprint density at radius 2 is 1.67 bits per heavy atom. The van der Waals surface area contributed by atoms with E-state index in [-0.39, 0.29) is 10.7 Å². The summed E-state index contributed by atoms with van der Waals surface area (Å²) < 4.78 is 0. The van der Waals surface area contributed by atoms with Crippen molar-refractivity contribution in [3.63, 3.8) is 0 Å². The number of amides is 1. The van der Waals surface area contributed by atoms with Crippen molar-refractivity contribution in [2.24, 2.45) is 5.92 Å². The van der Waals surface area contributed by atoms with Gasteiger partial charge in [-0.3, -0.25) is 4.79 Å². The van der Waals surface area contributed by atoms with Gasteiger partial charge in [-0.2, -0.15) is 0 Å². The largest absolute Gasteiger partial charge is 0.340 e. The minimum absolute atomic E-state index is 0.0343. The van der Waals surface area contributed by atoms with Gasteiger partial charge in [-0.1, -0.05) is 50.5 Å². The average Bonchev–Trinajstić information content (AvgIpc) is 2.36. The van der Waals surface area contributed by atoms with Crippen molar-refractivity contribution >= 4 is 21.8 Å². The van der Waals surface area contributed by atoms with Gasteiger partial charge in [0.2, 0.25) is 5.91 Å². The van der Waals surface area contributed by atoms with Crippen LogP contribution in [0, 0.1) is 5.92 Å². The van der Waals surface area contributed by atoms with Crippen molar-refractivity contribution in [1.82, 2.24) is 9.80 Å². The third-order valence-corrected chi connectivity index (χ3v) is 4.14. The molecule has 0 aliphatic heterocycles. The van der Waals surface area contributed by atoms with Gasteiger partial charge in [0.15, 0.2) is 0 Å². The van der Waals surface area contributed by atoms with Gasteiger partial charge < -0.3 is 9.80 Å². The number of hydrogen-bond acceptors (Lipinski definition) is 2. The van der Waals surface area contributed by atoms with E-state index in [1.165, 1.54) is 0 Å². The smallest absolute Gasteiger partial charge is 0.236 e. The maximum atomic E-state index is 12.3. The SMILES string of the molecule is CCC(Br)C(=O)N(CCN(CC)CC)CC(C)C. The molecule has 0 spiro atoms. The highest BCUT2D eigenvalue weighted by Crippen LogP contribution is 2.11. The van der Waals surface area contributed by atoms with Crippen molar-refractivity contribution in [3.05, 3.63) is 0 Å². The average molecular weight is 321 g/mol. The number of rotatable bonds is 9. The maximum Gasteiger partial charge on any atom is 0.236 e. The van der Waals surface area contributed by atoms with Gasteiger partial charge >= 0.3 is 0 Å². The molecule has 1 amide bonds. The molecule has 0 saturated heterocycles. The molecule has 0 aliphatic rings. The van der Waals surface area contributed by atoms with E-state index in [4.69, 9.17) is 0 Å². The summed E-state index contributed by atoms with van der Waals surface area (Å²) in [6.45, 7) is 15.4. The molecule has 0 aliphatic carbocycles. The van der Waals surface area contributed by atoms with Gasteiger partial charge in [-0.15, -0.1) is 0 Å². The molecule has 1 atom stereocenters. The normalized spacial score (nSPS) is 13.1. The van der Waals surface area contributed by atoms with Gasteiger partial charge in [0.1, 0.15) is 0 Å². The Kier molecular flexibility index (Phi) is 9.74. The fourth-order valence-corrected chi connectivity index (χ4v) is 2.20. The molecular weight excluding hydrogens is 292 g/mol. The number of likely N-dealkylation sites (N-methyl/N-ethyl adjacent to an activating group) is 1. The van der Waals surface area contributed by atoms with E-state index in [0.29, 0.717) is 5.92 Å². The van der Waals surface area contributed by atoms with Crippen LogP contribution in [0.25, 0.3) is 0 Å². The van der Waals surface area contributed by atoms with E-state index in [1.807, 2.05) is 11.8 Å². The summed E-state index contributed by atoms with van der Waals surface area (Å²) in [6.07, 6.45) is 0.846. The third kappa shape index (κ3) is 6.74.